The monoisotopic (exact) mass is 403 g/mol. The van der Waals surface area contributed by atoms with Crippen LogP contribution < -0.4 is 9.46 Å². The van der Waals surface area contributed by atoms with Crippen molar-refractivity contribution in [2.24, 2.45) is 23.2 Å². The number of benzene rings is 1. The number of hydrogen-bond acceptors (Lipinski definition) is 3. The number of sulfonamides is 1. The zero-order valence-electron chi connectivity index (χ0n) is 14.2. The second kappa shape index (κ2) is 6.29. The van der Waals surface area contributed by atoms with Crippen molar-refractivity contribution in [2.45, 2.75) is 43.4 Å². The Hall–Kier alpha value is -0.490. The summed E-state index contributed by atoms with van der Waals surface area (Å²) < 4.78 is 33.5. The topological polar surface area (TPSA) is 55.4 Å². The molecule has 25 heavy (non-hydrogen) atoms. The van der Waals surface area contributed by atoms with Crippen molar-refractivity contribution in [3.8, 4) is 5.75 Å². The van der Waals surface area contributed by atoms with Crippen LogP contribution in [-0.2, 0) is 10.0 Å². The molecule has 1 aromatic carbocycles. The van der Waals surface area contributed by atoms with Crippen LogP contribution in [0.1, 0.15) is 38.5 Å². The van der Waals surface area contributed by atoms with E-state index in [0.29, 0.717) is 12.3 Å². The minimum atomic E-state index is -3.70. The van der Waals surface area contributed by atoms with Crippen molar-refractivity contribution < 1.29 is 13.2 Å². The van der Waals surface area contributed by atoms with E-state index in [-0.39, 0.29) is 20.4 Å². The fourth-order valence-electron chi connectivity index (χ4n) is 5.71. The molecule has 0 atom stereocenters. The summed E-state index contributed by atoms with van der Waals surface area (Å²) in [6.45, 7) is 0.499. The van der Waals surface area contributed by atoms with Crippen molar-refractivity contribution in [3.05, 3.63) is 22.2 Å². The van der Waals surface area contributed by atoms with Gasteiger partial charge in [0.1, 0.15) is 10.6 Å². The van der Waals surface area contributed by atoms with E-state index in [2.05, 4.69) is 4.72 Å². The standard InChI is InChI=1S/C18H23Cl2NO3S/c1-24-16-5-15(20)17(6-14(16)19)25(22,23)21-10-18-7-11-2-12(8-18)4-13(3-11)9-18/h5-6,11-13,21H,2-4,7-10H2,1H3. The molecule has 4 fully saturated rings. The van der Waals surface area contributed by atoms with Gasteiger partial charge in [-0.25, -0.2) is 13.1 Å². The van der Waals surface area contributed by atoms with E-state index >= 15 is 0 Å². The van der Waals surface area contributed by atoms with Gasteiger partial charge in [0.15, 0.2) is 0 Å². The van der Waals surface area contributed by atoms with E-state index in [1.807, 2.05) is 0 Å². The molecule has 1 N–H and O–H groups in total. The number of rotatable bonds is 5. The molecule has 4 aliphatic rings. The molecule has 4 saturated carbocycles. The summed E-state index contributed by atoms with van der Waals surface area (Å²) in [7, 11) is -2.23. The second-order valence-corrected chi connectivity index (χ2v) is 10.7. The van der Waals surface area contributed by atoms with E-state index in [1.165, 1.54) is 38.5 Å². The van der Waals surface area contributed by atoms with Gasteiger partial charge < -0.3 is 4.74 Å². The molecule has 0 aliphatic heterocycles. The third-order valence-electron chi connectivity index (χ3n) is 6.30. The fraction of sp³-hybridized carbons (Fsp3) is 0.667. The molecule has 0 radical (unpaired) electrons. The predicted octanol–water partition coefficient (Wildman–Crippen LogP) is 4.50. The summed E-state index contributed by atoms with van der Waals surface area (Å²) in [6.07, 6.45) is 7.47. The molecule has 0 aromatic heterocycles. The Morgan fingerprint density at radius 3 is 2.16 bits per heavy atom. The van der Waals surface area contributed by atoms with Gasteiger partial charge in [-0.3, -0.25) is 0 Å². The summed E-state index contributed by atoms with van der Waals surface area (Å²) in [6, 6.07) is 2.81. The van der Waals surface area contributed by atoms with Crippen LogP contribution >= 0.6 is 23.2 Å². The average molecular weight is 404 g/mol. The molecule has 138 valence electrons. The van der Waals surface area contributed by atoms with Crippen LogP contribution in [-0.4, -0.2) is 22.1 Å². The lowest BCUT2D eigenvalue weighted by Crippen LogP contribution is -2.51. The van der Waals surface area contributed by atoms with Crippen LogP contribution in [0.5, 0.6) is 5.75 Å². The Bertz CT molecular complexity index is 758. The highest BCUT2D eigenvalue weighted by atomic mass is 35.5. The maximum atomic E-state index is 12.8. The highest BCUT2D eigenvalue weighted by molar-refractivity contribution is 7.89. The zero-order valence-corrected chi connectivity index (χ0v) is 16.6. The summed E-state index contributed by atoms with van der Waals surface area (Å²) in [5.41, 5.74) is 0.130. The Balaban J connectivity index is 1.54. The van der Waals surface area contributed by atoms with Crippen LogP contribution in [0.4, 0.5) is 0 Å². The van der Waals surface area contributed by atoms with E-state index in [4.69, 9.17) is 27.9 Å². The number of halogens is 2. The Morgan fingerprint density at radius 1 is 1.08 bits per heavy atom. The summed E-state index contributed by atoms with van der Waals surface area (Å²) in [4.78, 5) is 0.0182. The van der Waals surface area contributed by atoms with Crippen molar-refractivity contribution in [1.29, 1.82) is 0 Å². The van der Waals surface area contributed by atoms with E-state index < -0.39 is 10.0 Å². The summed E-state index contributed by atoms with van der Waals surface area (Å²) >= 11 is 12.2. The molecule has 0 spiro atoms. The maximum absolute atomic E-state index is 12.8. The second-order valence-electron chi connectivity index (χ2n) is 8.16. The van der Waals surface area contributed by atoms with Crippen molar-refractivity contribution >= 4 is 33.2 Å². The highest BCUT2D eigenvalue weighted by Crippen LogP contribution is 2.59. The minimum absolute atomic E-state index is 0.0182. The molecule has 4 nitrogen and oxygen atoms in total. The Kier molecular flexibility index (Phi) is 4.51. The highest BCUT2D eigenvalue weighted by Gasteiger charge is 2.51. The van der Waals surface area contributed by atoms with Gasteiger partial charge >= 0.3 is 0 Å². The molecule has 0 amide bonds. The first-order valence-corrected chi connectivity index (χ1v) is 11.1. The lowest BCUT2D eigenvalue weighted by atomic mass is 9.50. The number of hydrogen-bond donors (Lipinski definition) is 1. The first-order valence-electron chi connectivity index (χ1n) is 8.83. The van der Waals surface area contributed by atoms with Crippen LogP contribution in [0.25, 0.3) is 0 Å². The molecule has 4 bridgehead atoms. The number of nitrogens with one attached hydrogen (secondary N) is 1. The largest absolute Gasteiger partial charge is 0.495 e. The van der Waals surface area contributed by atoms with E-state index in [9.17, 15) is 8.42 Å². The molecule has 4 aliphatic carbocycles. The van der Waals surface area contributed by atoms with Gasteiger partial charge in [0.25, 0.3) is 0 Å². The molecule has 7 heteroatoms. The van der Waals surface area contributed by atoms with Gasteiger partial charge in [0, 0.05) is 12.6 Å². The SMILES string of the molecule is COc1cc(Cl)c(S(=O)(=O)NCC23CC4CC(CC(C4)C2)C3)cc1Cl. The lowest BCUT2D eigenvalue weighted by molar-refractivity contribution is -0.0487. The molecule has 0 unspecified atom stereocenters. The quantitative estimate of drug-likeness (QED) is 0.787. The average Bonchev–Trinajstić information content (AvgIpc) is 2.53. The molecule has 5 rings (SSSR count). The first-order chi connectivity index (χ1) is 11.8. The van der Waals surface area contributed by atoms with Crippen LogP contribution in [0.2, 0.25) is 10.0 Å². The number of methoxy groups -OCH3 is 1. The predicted molar refractivity (Wildman–Crippen MR) is 98.8 cm³/mol. The van der Waals surface area contributed by atoms with Gasteiger partial charge in [0.2, 0.25) is 10.0 Å². The zero-order chi connectivity index (χ0) is 17.8. The van der Waals surface area contributed by atoms with Gasteiger partial charge in [0.05, 0.1) is 17.2 Å². The molecule has 0 saturated heterocycles. The molecule has 0 heterocycles. The third kappa shape index (κ3) is 3.29. The maximum Gasteiger partial charge on any atom is 0.242 e. The van der Waals surface area contributed by atoms with Crippen LogP contribution in [0, 0.1) is 23.2 Å². The molecular weight excluding hydrogens is 381 g/mol. The van der Waals surface area contributed by atoms with Crippen molar-refractivity contribution in [3.63, 3.8) is 0 Å². The van der Waals surface area contributed by atoms with Gasteiger partial charge in [-0.2, -0.15) is 0 Å². The first kappa shape index (κ1) is 17.9. The molecule has 1 aromatic rings. The van der Waals surface area contributed by atoms with Crippen LogP contribution in [0.15, 0.2) is 17.0 Å². The van der Waals surface area contributed by atoms with Crippen molar-refractivity contribution in [2.75, 3.05) is 13.7 Å². The van der Waals surface area contributed by atoms with Crippen LogP contribution in [0.3, 0.4) is 0 Å². The molecular formula is C18H23Cl2NO3S. The fourth-order valence-corrected chi connectivity index (χ4v) is 7.71. The summed E-state index contributed by atoms with van der Waals surface area (Å²) in [5.74, 6) is 2.73. The Labute approximate surface area is 159 Å². The van der Waals surface area contributed by atoms with Gasteiger partial charge in [-0.1, -0.05) is 23.2 Å². The normalized spacial score (nSPS) is 33.6. The van der Waals surface area contributed by atoms with E-state index in [1.54, 1.807) is 0 Å². The number of ether oxygens (including phenoxy) is 1. The van der Waals surface area contributed by atoms with Crippen molar-refractivity contribution in [1.82, 2.24) is 4.72 Å². The Morgan fingerprint density at radius 2 is 1.64 bits per heavy atom. The van der Waals surface area contributed by atoms with Gasteiger partial charge in [-0.15, -0.1) is 0 Å². The van der Waals surface area contributed by atoms with E-state index in [0.717, 1.165) is 37.0 Å². The minimum Gasteiger partial charge on any atom is -0.495 e. The smallest absolute Gasteiger partial charge is 0.242 e. The summed E-state index contributed by atoms with van der Waals surface area (Å²) in [5, 5.41) is 0.362. The van der Waals surface area contributed by atoms with Gasteiger partial charge in [-0.05, 0) is 67.8 Å². The lowest BCUT2D eigenvalue weighted by Gasteiger charge is -2.56. The third-order valence-corrected chi connectivity index (χ3v) is 8.46.